The number of nitrogens with one attached hydrogen (secondary N) is 2. The second-order valence-electron chi connectivity index (χ2n) is 4.59. The van der Waals surface area contributed by atoms with Crippen LogP contribution < -0.4 is 10.6 Å². The molecule has 0 radical (unpaired) electrons. The van der Waals surface area contributed by atoms with E-state index in [0.717, 1.165) is 25.2 Å². The Balaban J connectivity index is 2.35. The molecule has 1 aromatic heterocycles. The van der Waals surface area contributed by atoms with Gasteiger partial charge in [-0.1, -0.05) is 13.8 Å². The fourth-order valence-electron chi connectivity index (χ4n) is 1.41. The summed E-state index contributed by atoms with van der Waals surface area (Å²) in [6.45, 7) is 6.12. The first kappa shape index (κ1) is 13.7. The molecule has 2 N–H and O–H groups in total. The molecule has 1 rings (SSSR count). The maximum Gasteiger partial charge on any atom is 0.239 e. The predicted octanol–water partition coefficient (Wildman–Crippen LogP) is 0.417. The highest BCUT2D eigenvalue weighted by atomic mass is 16.1. The molecule has 0 spiro atoms. The van der Waals surface area contributed by atoms with E-state index in [4.69, 9.17) is 0 Å². The average molecular weight is 238 g/mol. The van der Waals surface area contributed by atoms with Crippen LogP contribution in [0.1, 0.15) is 19.5 Å². The van der Waals surface area contributed by atoms with Crippen molar-refractivity contribution in [2.24, 2.45) is 5.92 Å². The normalized spacial score (nSPS) is 10.8. The van der Waals surface area contributed by atoms with Gasteiger partial charge in [0.25, 0.3) is 0 Å². The Morgan fingerprint density at radius 2 is 2.29 bits per heavy atom. The predicted molar refractivity (Wildman–Crippen MR) is 67.7 cm³/mol. The van der Waals surface area contributed by atoms with Crippen molar-refractivity contribution in [2.75, 3.05) is 20.1 Å². The summed E-state index contributed by atoms with van der Waals surface area (Å²) in [6.07, 6.45) is 4.52. The molecule has 5 heteroatoms. The maximum atomic E-state index is 11.6. The van der Waals surface area contributed by atoms with Gasteiger partial charge in [-0.15, -0.1) is 0 Å². The van der Waals surface area contributed by atoms with Crippen molar-refractivity contribution in [3.63, 3.8) is 0 Å². The molecule has 0 aromatic carbocycles. The van der Waals surface area contributed by atoms with E-state index in [-0.39, 0.29) is 5.91 Å². The number of hydrogen-bond donors (Lipinski definition) is 2. The number of rotatable bonds is 7. The van der Waals surface area contributed by atoms with E-state index in [2.05, 4.69) is 29.5 Å². The minimum absolute atomic E-state index is 0.0382. The molecule has 5 nitrogen and oxygen atoms in total. The summed E-state index contributed by atoms with van der Waals surface area (Å²) in [7, 11) is 1.91. The minimum Gasteiger partial charge on any atom is -0.354 e. The second-order valence-corrected chi connectivity index (χ2v) is 4.59. The van der Waals surface area contributed by atoms with Crippen LogP contribution >= 0.6 is 0 Å². The molecule has 1 heterocycles. The van der Waals surface area contributed by atoms with Gasteiger partial charge in [-0.25, -0.2) is 4.98 Å². The van der Waals surface area contributed by atoms with Crippen molar-refractivity contribution in [3.05, 3.63) is 18.2 Å². The first-order valence-electron chi connectivity index (χ1n) is 6.03. The van der Waals surface area contributed by atoms with Crippen LogP contribution in [0, 0.1) is 5.92 Å². The van der Waals surface area contributed by atoms with Gasteiger partial charge < -0.3 is 15.2 Å². The number of carbonyl (C=O) groups excluding carboxylic acids is 1. The maximum absolute atomic E-state index is 11.6. The molecule has 1 amide bonds. The first-order valence-corrected chi connectivity index (χ1v) is 6.03. The third kappa shape index (κ3) is 5.49. The van der Waals surface area contributed by atoms with Gasteiger partial charge in [0.1, 0.15) is 6.54 Å². The van der Waals surface area contributed by atoms with E-state index in [1.54, 1.807) is 6.33 Å². The lowest BCUT2D eigenvalue weighted by Gasteiger charge is -2.07. The summed E-state index contributed by atoms with van der Waals surface area (Å²) in [4.78, 5) is 15.8. The Hall–Kier alpha value is -1.36. The fourth-order valence-corrected chi connectivity index (χ4v) is 1.41. The van der Waals surface area contributed by atoms with Gasteiger partial charge in [-0.05, 0) is 13.0 Å². The van der Waals surface area contributed by atoms with E-state index >= 15 is 0 Å². The molecule has 17 heavy (non-hydrogen) atoms. The molecular weight excluding hydrogens is 216 g/mol. The first-order chi connectivity index (χ1) is 8.11. The largest absolute Gasteiger partial charge is 0.354 e. The zero-order valence-corrected chi connectivity index (χ0v) is 10.9. The number of aromatic nitrogens is 2. The summed E-state index contributed by atoms with van der Waals surface area (Å²) in [5.41, 5.74) is 1.01. The van der Waals surface area contributed by atoms with Crippen molar-refractivity contribution in [1.82, 2.24) is 20.2 Å². The summed E-state index contributed by atoms with van der Waals surface area (Å²) < 4.78 is 1.82. The Kier molecular flexibility index (Phi) is 5.69. The summed E-state index contributed by atoms with van der Waals surface area (Å²) in [5.74, 6) is 0.518. The van der Waals surface area contributed by atoms with Crippen LogP contribution in [0.3, 0.4) is 0 Å². The van der Waals surface area contributed by atoms with Gasteiger partial charge in [0, 0.05) is 25.7 Å². The standard InChI is InChI=1S/C12H22N4O/c1-10(2)6-14-12(17)8-16-7-11(15-9-16)4-5-13-3/h7,9-10,13H,4-6,8H2,1-3H3,(H,14,17). The van der Waals surface area contributed by atoms with Crippen molar-refractivity contribution in [3.8, 4) is 0 Å². The van der Waals surface area contributed by atoms with Gasteiger partial charge in [-0.2, -0.15) is 0 Å². The summed E-state index contributed by atoms with van der Waals surface area (Å²) in [6, 6.07) is 0. The minimum atomic E-state index is 0.0382. The van der Waals surface area contributed by atoms with Crippen LogP contribution in [0.25, 0.3) is 0 Å². The van der Waals surface area contributed by atoms with Crippen LogP contribution in [0.15, 0.2) is 12.5 Å². The highest BCUT2D eigenvalue weighted by Crippen LogP contribution is 1.97. The molecule has 0 atom stereocenters. The highest BCUT2D eigenvalue weighted by molar-refractivity contribution is 5.75. The number of imidazole rings is 1. The SMILES string of the molecule is CNCCc1cn(CC(=O)NCC(C)C)cn1. The molecule has 0 bridgehead atoms. The molecular formula is C12H22N4O. The van der Waals surface area contributed by atoms with Crippen LogP contribution in [0.5, 0.6) is 0 Å². The molecule has 0 aliphatic rings. The molecule has 0 aliphatic heterocycles. The van der Waals surface area contributed by atoms with Crippen molar-refractivity contribution >= 4 is 5.91 Å². The lowest BCUT2D eigenvalue weighted by molar-refractivity contribution is -0.121. The topological polar surface area (TPSA) is 59.0 Å². The van der Waals surface area contributed by atoms with Gasteiger partial charge in [0.15, 0.2) is 0 Å². The summed E-state index contributed by atoms with van der Waals surface area (Å²) in [5, 5.41) is 5.95. The fraction of sp³-hybridized carbons (Fsp3) is 0.667. The zero-order chi connectivity index (χ0) is 12.7. The lowest BCUT2D eigenvalue weighted by Crippen LogP contribution is -2.30. The third-order valence-electron chi connectivity index (χ3n) is 2.35. The zero-order valence-electron chi connectivity index (χ0n) is 10.9. The van der Waals surface area contributed by atoms with Crippen molar-refractivity contribution in [2.45, 2.75) is 26.8 Å². The van der Waals surface area contributed by atoms with Gasteiger partial charge in [-0.3, -0.25) is 4.79 Å². The van der Waals surface area contributed by atoms with Crippen molar-refractivity contribution in [1.29, 1.82) is 0 Å². The number of amides is 1. The number of hydrogen-bond acceptors (Lipinski definition) is 3. The van der Waals surface area contributed by atoms with Gasteiger partial charge in [0.2, 0.25) is 5.91 Å². The van der Waals surface area contributed by atoms with E-state index in [1.165, 1.54) is 0 Å². The van der Waals surface area contributed by atoms with E-state index in [9.17, 15) is 4.79 Å². The number of likely N-dealkylation sites (N-methyl/N-ethyl adjacent to an activating group) is 1. The quantitative estimate of drug-likeness (QED) is 0.723. The molecule has 96 valence electrons. The summed E-state index contributed by atoms with van der Waals surface area (Å²) >= 11 is 0. The van der Waals surface area contributed by atoms with E-state index in [0.29, 0.717) is 12.5 Å². The monoisotopic (exact) mass is 238 g/mol. The Morgan fingerprint density at radius 1 is 1.53 bits per heavy atom. The molecule has 0 saturated carbocycles. The molecule has 0 saturated heterocycles. The molecule has 0 unspecified atom stereocenters. The van der Waals surface area contributed by atoms with Crippen molar-refractivity contribution < 1.29 is 4.79 Å². The smallest absolute Gasteiger partial charge is 0.239 e. The van der Waals surface area contributed by atoms with Crippen LogP contribution in [-0.4, -0.2) is 35.6 Å². The molecule has 1 aromatic rings. The van der Waals surface area contributed by atoms with Crippen LogP contribution in [0.2, 0.25) is 0 Å². The van der Waals surface area contributed by atoms with E-state index < -0.39 is 0 Å². The molecule has 0 aliphatic carbocycles. The van der Waals surface area contributed by atoms with E-state index in [1.807, 2.05) is 17.8 Å². The number of carbonyl (C=O) groups is 1. The Bertz CT molecular complexity index is 346. The Labute approximate surface area is 103 Å². The van der Waals surface area contributed by atoms with Crippen LogP contribution in [0.4, 0.5) is 0 Å². The second kappa shape index (κ2) is 7.06. The van der Waals surface area contributed by atoms with Gasteiger partial charge in [0.05, 0.1) is 12.0 Å². The average Bonchev–Trinajstić information content (AvgIpc) is 2.71. The van der Waals surface area contributed by atoms with Gasteiger partial charge >= 0.3 is 0 Å². The Morgan fingerprint density at radius 3 is 2.94 bits per heavy atom. The van der Waals surface area contributed by atoms with Crippen LogP contribution in [-0.2, 0) is 17.8 Å². The third-order valence-corrected chi connectivity index (χ3v) is 2.35. The number of nitrogens with zero attached hydrogens (tertiary/aromatic N) is 2. The highest BCUT2D eigenvalue weighted by Gasteiger charge is 2.04. The lowest BCUT2D eigenvalue weighted by atomic mass is 10.2. The molecule has 0 fully saturated rings.